The third-order valence-corrected chi connectivity index (χ3v) is 2.47. The molecule has 0 aromatic rings. The SMILES string of the molecule is C=CC1=C(/C=C/C)CC(CC)=N1.CC.CC.CCCC. The van der Waals surface area contributed by atoms with Gasteiger partial charge < -0.3 is 0 Å². The average molecular weight is 280 g/mol. The summed E-state index contributed by atoms with van der Waals surface area (Å²) < 4.78 is 0. The van der Waals surface area contributed by atoms with Gasteiger partial charge in [-0.2, -0.15) is 0 Å². The second kappa shape index (κ2) is 20.2. The Labute approximate surface area is 128 Å². The van der Waals surface area contributed by atoms with E-state index in [-0.39, 0.29) is 0 Å². The number of hydrogen-bond acceptors (Lipinski definition) is 1. The Morgan fingerprint density at radius 1 is 1.05 bits per heavy atom. The van der Waals surface area contributed by atoms with Crippen molar-refractivity contribution in [3.05, 3.63) is 36.1 Å². The molecule has 0 aromatic carbocycles. The standard InChI is InChI=1S/C11H15N.C4H10.2C2H6/c1-4-7-9-8-10(5-2)12-11(9)6-3;1-3-4-2;2*1-2/h4,6-7H,3,5,8H2,1-2H3;3-4H2,1-2H3;2*1-2H3/b7-4+;;;. The average Bonchev–Trinajstić information content (AvgIpc) is 2.94. The molecule has 0 fully saturated rings. The lowest BCUT2D eigenvalue weighted by Gasteiger charge is -1.93. The van der Waals surface area contributed by atoms with E-state index in [0.717, 1.165) is 18.5 Å². The quantitative estimate of drug-likeness (QED) is 0.519. The Morgan fingerprint density at radius 3 is 1.85 bits per heavy atom. The molecular formula is C19H37N. The summed E-state index contributed by atoms with van der Waals surface area (Å²) in [6.07, 6.45) is 10.7. The molecule has 1 nitrogen and oxygen atoms in total. The molecule has 0 aliphatic carbocycles. The van der Waals surface area contributed by atoms with Crippen LogP contribution in [0.15, 0.2) is 41.1 Å². The van der Waals surface area contributed by atoms with Gasteiger partial charge in [0.05, 0.1) is 5.70 Å². The molecular weight excluding hydrogens is 242 g/mol. The lowest BCUT2D eigenvalue weighted by atomic mass is 10.1. The van der Waals surface area contributed by atoms with Crippen molar-refractivity contribution >= 4 is 5.71 Å². The van der Waals surface area contributed by atoms with Crippen molar-refractivity contribution in [1.29, 1.82) is 0 Å². The van der Waals surface area contributed by atoms with Crippen LogP contribution in [0.25, 0.3) is 0 Å². The first-order valence-corrected chi connectivity index (χ1v) is 8.28. The van der Waals surface area contributed by atoms with Gasteiger partial charge in [-0.1, -0.05) is 80.0 Å². The van der Waals surface area contributed by atoms with E-state index in [1.54, 1.807) is 0 Å². The predicted molar refractivity (Wildman–Crippen MR) is 97.7 cm³/mol. The smallest absolute Gasteiger partial charge is 0.0658 e. The highest BCUT2D eigenvalue weighted by Crippen LogP contribution is 2.22. The minimum atomic E-state index is 1.00. The van der Waals surface area contributed by atoms with E-state index in [0.29, 0.717) is 0 Å². The number of hydrogen-bond donors (Lipinski definition) is 0. The maximum absolute atomic E-state index is 4.45. The first-order valence-electron chi connectivity index (χ1n) is 8.28. The van der Waals surface area contributed by atoms with E-state index >= 15 is 0 Å². The van der Waals surface area contributed by atoms with E-state index in [1.165, 1.54) is 24.1 Å². The molecule has 118 valence electrons. The zero-order valence-corrected chi connectivity index (χ0v) is 15.2. The van der Waals surface area contributed by atoms with E-state index in [9.17, 15) is 0 Å². The second-order valence-corrected chi connectivity index (χ2v) is 3.82. The predicted octanol–water partition coefficient (Wildman–Crippen LogP) is 7.12. The Morgan fingerprint density at radius 2 is 1.55 bits per heavy atom. The highest BCUT2D eigenvalue weighted by Gasteiger charge is 2.11. The van der Waals surface area contributed by atoms with Crippen molar-refractivity contribution in [3.63, 3.8) is 0 Å². The van der Waals surface area contributed by atoms with Crippen LogP contribution in [0.2, 0.25) is 0 Å². The molecule has 0 aromatic heterocycles. The minimum absolute atomic E-state index is 1.00. The van der Waals surface area contributed by atoms with Crippen LogP contribution in [0, 0.1) is 0 Å². The van der Waals surface area contributed by atoms with Crippen LogP contribution in [-0.2, 0) is 0 Å². The van der Waals surface area contributed by atoms with Crippen molar-refractivity contribution < 1.29 is 0 Å². The Bertz CT molecular complexity index is 291. The van der Waals surface area contributed by atoms with E-state index in [4.69, 9.17) is 0 Å². The number of allylic oxidation sites excluding steroid dienone is 4. The first-order chi connectivity index (χ1) is 9.73. The number of nitrogens with zero attached hydrogens (tertiary/aromatic N) is 1. The van der Waals surface area contributed by atoms with Gasteiger partial charge in [0.25, 0.3) is 0 Å². The van der Waals surface area contributed by atoms with E-state index in [2.05, 4.69) is 38.4 Å². The summed E-state index contributed by atoms with van der Waals surface area (Å²) in [6.45, 7) is 20.3. The molecule has 0 unspecified atom stereocenters. The summed E-state index contributed by atoms with van der Waals surface area (Å²) in [4.78, 5) is 4.45. The Balaban J connectivity index is -0.000000306. The molecule has 1 aliphatic heterocycles. The van der Waals surface area contributed by atoms with E-state index < -0.39 is 0 Å². The van der Waals surface area contributed by atoms with Crippen molar-refractivity contribution in [2.75, 3.05) is 0 Å². The van der Waals surface area contributed by atoms with Crippen LogP contribution in [-0.4, -0.2) is 5.71 Å². The van der Waals surface area contributed by atoms with Gasteiger partial charge in [0.2, 0.25) is 0 Å². The Hall–Kier alpha value is -1.11. The molecule has 1 aliphatic rings. The van der Waals surface area contributed by atoms with Gasteiger partial charge in [0, 0.05) is 12.1 Å². The van der Waals surface area contributed by atoms with Crippen LogP contribution >= 0.6 is 0 Å². The molecule has 1 rings (SSSR count). The van der Waals surface area contributed by atoms with Gasteiger partial charge in [-0.05, 0) is 25.0 Å². The van der Waals surface area contributed by atoms with Gasteiger partial charge in [0.15, 0.2) is 0 Å². The molecule has 0 saturated carbocycles. The summed E-state index contributed by atoms with van der Waals surface area (Å²) >= 11 is 0. The molecule has 0 atom stereocenters. The molecule has 0 N–H and O–H groups in total. The molecule has 0 spiro atoms. The van der Waals surface area contributed by atoms with Gasteiger partial charge in [-0.25, -0.2) is 0 Å². The third-order valence-electron chi connectivity index (χ3n) is 2.47. The summed E-state index contributed by atoms with van der Waals surface area (Å²) in [5.41, 5.74) is 3.60. The molecule has 0 radical (unpaired) electrons. The van der Waals surface area contributed by atoms with Crippen molar-refractivity contribution in [2.24, 2.45) is 4.99 Å². The fourth-order valence-corrected chi connectivity index (χ4v) is 1.32. The normalized spacial score (nSPS) is 12.5. The maximum Gasteiger partial charge on any atom is 0.0658 e. The number of rotatable bonds is 4. The maximum atomic E-state index is 4.45. The summed E-state index contributed by atoms with van der Waals surface area (Å²) in [7, 11) is 0. The van der Waals surface area contributed by atoms with Crippen molar-refractivity contribution in [1.82, 2.24) is 0 Å². The zero-order chi connectivity index (χ0) is 16.4. The van der Waals surface area contributed by atoms with Crippen LogP contribution in [0.4, 0.5) is 0 Å². The van der Waals surface area contributed by atoms with Crippen LogP contribution < -0.4 is 0 Å². The fourth-order valence-electron chi connectivity index (χ4n) is 1.32. The Kier molecular flexibility index (Phi) is 24.2. The molecule has 1 heteroatoms. The lowest BCUT2D eigenvalue weighted by Crippen LogP contribution is -1.90. The highest BCUT2D eigenvalue weighted by atomic mass is 14.8. The fraction of sp³-hybridized carbons (Fsp3) is 0.632. The van der Waals surface area contributed by atoms with Gasteiger partial charge >= 0.3 is 0 Å². The monoisotopic (exact) mass is 279 g/mol. The summed E-state index contributed by atoms with van der Waals surface area (Å²) in [5, 5.41) is 0. The van der Waals surface area contributed by atoms with Gasteiger partial charge in [-0.15, -0.1) is 0 Å². The zero-order valence-electron chi connectivity index (χ0n) is 15.2. The molecule has 0 amide bonds. The van der Waals surface area contributed by atoms with Crippen LogP contribution in [0.5, 0.6) is 0 Å². The first kappa shape index (κ1) is 23.9. The highest BCUT2D eigenvalue weighted by molar-refractivity contribution is 5.91. The molecule has 0 saturated heterocycles. The number of aliphatic imine (C=N–C) groups is 1. The third kappa shape index (κ3) is 12.0. The van der Waals surface area contributed by atoms with Gasteiger partial charge in [0.1, 0.15) is 0 Å². The van der Waals surface area contributed by atoms with Crippen LogP contribution in [0.1, 0.15) is 81.1 Å². The molecule has 0 bridgehead atoms. The van der Waals surface area contributed by atoms with Crippen molar-refractivity contribution in [3.8, 4) is 0 Å². The minimum Gasteiger partial charge on any atom is -0.257 e. The van der Waals surface area contributed by atoms with E-state index in [1.807, 2.05) is 46.8 Å². The summed E-state index contributed by atoms with van der Waals surface area (Å²) in [5.74, 6) is 0. The summed E-state index contributed by atoms with van der Waals surface area (Å²) in [6, 6.07) is 0. The molecule has 20 heavy (non-hydrogen) atoms. The topological polar surface area (TPSA) is 12.4 Å². The van der Waals surface area contributed by atoms with Gasteiger partial charge in [-0.3, -0.25) is 4.99 Å². The largest absolute Gasteiger partial charge is 0.257 e. The number of unbranched alkanes of at least 4 members (excludes halogenated alkanes) is 1. The lowest BCUT2D eigenvalue weighted by molar-refractivity contribution is 0.886. The van der Waals surface area contributed by atoms with Crippen LogP contribution in [0.3, 0.4) is 0 Å². The molecule has 1 heterocycles. The second-order valence-electron chi connectivity index (χ2n) is 3.82. The van der Waals surface area contributed by atoms with Crippen molar-refractivity contribution in [2.45, 2.75) is 81.1 Å².